The molecule has 0 aliphatic carbocycles. The van der Waals surface area contributed by atoms with Crippen molar-refractivity contribution in [3.05, 3.63) is 53.8 Å². The zero-order valence-electron chi connectivity index (χ0n) is 12.7. The maximum atomic E-state index is 13.7. The Morgan fingerprint density at radius 3 is 2.36 bits per heavy atom. The van der Waals surface area contributed by atoms with Gasteiger partial charge in [-0.1, -0.05) is 37.3 Å². The number of hydrogen-bond acceptors (Lipinski definition) is 2. The molecule has 4 heteroatoms. The smallest absolute Gasteiger partial charge is 0.303 e. The fraction of sp³-hybridized carbons (Fsp3) is 0.278. The molecule has 0 bridgehead atoms. The van der Waals surface area contributed by atoms with E-state index in [1.165, 1.54) is 13.2 Å². The molecule has 0 fully saturated rings. The van der Waals surface area contributed by atoms with Gasteiger partial charge in [-0.3, -0.25) is 4.79 Å². The average molecular weight is 302 g/mol. The van der Waals surface area contributed by atoms with Crippen LogP contribution >= 0.6 is 0 Å². The van der Waals surface area contributed by atoms with Gasteiger partial charge in [0.15, 0.2) is 11.6 Å². The van der Waals surface area contributed by atoms with Crippen molar-refractivity contribution in [2.75, 3.05) is 7.11 Å². The first kappa shape index (κ1) is 16.0. The SMILES string of the molecule is COc1ccc(-c2ccc(CC(C)CC(=O)O)cc2)cc1F. The fourth-order valence-corrected chi connectivity index (χ4v) is 2.45. The Morgan fingerprint density at radius 1 is 1.18 bits per heavy atom. The highest BCUT2D eigenvalue weighted by Gasteiger charge is 2.09. The number of carbonyl (C=O) groups is 1. The molecule has 2 rings (SSSR count). The first-order valence-electron chi connectivity index (χ1n) is 7.14. The van der Waals surface area contributed by atoms with Crippen LogP contribution in [0.2, 0.25) is 0 Å². The average Bonchev–Trinajstić information content (AvgIpc) is 2.47. The van der Waals surface area contributed by atoms with E-state index in [0.717, 1.165) is 16.7 Å². The summed E-state index contributed by atoms with van der Waals surface area (Å²) in [6.07, 6.45) is 0.870. The van der Waals surface area contributed by atoms with Crippen molar-refractivity contribution in [1.29, 1.82) is 0 Å². The summed E-state index contributed by atoms with van der Waals surface area (Å²) in [4.78, 5) is 10.7. The molecule has 0 spiro atoms. The van der Waals surface area contributed by atoms with Gasteiger partial charge in [-0.15, -0.1) is 0 Å². The highest BCUT2D eigenvalue weighted by atomic mass is 19.1. The van der Waals surface area contributed by atoms with Gasteiger partial charge in [-0.25, -0.2) is 4.39 Å². The van der Waals surface area contributed by atoms with E-state index in [1.54, 1.807) is 6.07 Å². The Hall–Kier alpha value is -2.36. The van der Waals surface area contributed by atoms with Crippen molar-refractivity contribution in [1.82, 2.24) is 0 Å². The molecule has 0 aromatic heterocycles. The zero-order chi connectivity index (χ0) is 16.1. The molecule has 2 aromatic carbocycles. The van der Waals surface area contributed by atoms with Crippen LogP contribution in [0.1, 0.15) is 18.9 Å². The highest BCUT2D eigenvalue weighted by Crippen LogP contribution is 2.26. The topological polar surface area (TPSA) is 46.5 Å². The standard InChI is InChI=1S/C18H19FO3/c1-12(10-18(20)21)9-13-3-5-14(6-4-13)15-7-8-17(22-2)16(19)11-15/h3-8,11-12H,9-10H2,1-2H3,(H,20,21). The van der Waals surface area contributed by atoms with Crippen LogP contribution in [-0.2, 0) is 11.2 Å². The summed E-state index contributed by atoms with van der Waals surface area (Å²) in [5.41, 5.74) is 2.77. The molecule has 1 atom stereocenters. The Bertz CT molecular complexity index is 650. The Morgan fingerprint density at radius 2 is 1.82 bits per heavy atom. The number of hydrogen-bond donors (Lipinski definition) is 1. The van der Waals surface area contributed by atoms with E-state index in [-0.39, 0.29) is 23.9 Å². The maximum Gasteiger partial charge on any atom is 0.303 e. The van der Waals surface area contributed by atoms with Gasteiger partial charge >= 0.3 is 5.97 Å². The van der Waals surface area contributed by atoms with Gasteiger partial charge in [0, 0.05) is 6.42 Å². The van der Waals surface area contributed by atoms with Crippen molar-refractivity contribution >= 4 is 5.97 Å². The lowest BCUT2D eigenvalue weighted by Crippen LogP contribution is -2.06. The lowest BCUT2D eigenvalue weighted by molar-refractivity contribution is -0.137. The first-order chi connectivity index (χ1) is 10.5. The van der Waals surface area contributed by atoms with Gasteiger partial charge in [0.1, 0.15) is 0 Å². The second kappa shape index (κ2) is 7.07. The number of carboxylic acids is 1. The molecule has 0 amide bonds. The van der Waals surface area contributed by atoms with Crippen molar-refractivity contribution < 1.29 is 19.0 Å². The van der Waals surface area contributed by atoms with E-state index in [4.69, 9.17) is 9.84 Å². The molecule has 2 aromatic rings. The molecule has 0 heterocycles. The van der Waals surface area contributed by atoms with Gasteiger partial charge in [-0.05, 0) is 41.2 Å². The largest absolute Gasteiger partial charge is 0.494 e. The van der Waals surface area contributed by atoms with Gasteiger partial charge < -0.3 is 9.84 Å². The van der Waals surface area contributed by atoms with Crippen LogP contribution < -0.4 is 4.74 Å². The van der Waals surface area contributed by atoms with Crippen LogP contribution in [0.3, 0.4) is 0 Å². The van der Waals surface area contributed by atoms with Crippen LogP contribution in [0, 0.1) is 11.7 Å². The first-order valence-corrected chi connectivity index (χ1v) is 7.14. The molecule has 0 saturated heterocycles. The van der Waals surface area contributed by atoms with Gasteiger partial charge in [-0.2, -0.15) is 0 Å². The minimum Gasteiger partial charge on any atom is -0.494 e. The molecule has 1 unspecified atom stereocenters. The van der Waals surface area contributed by atoms with Crippen molar-refractivity contribution in [2.24, 2.45) is 5.92 Å². The maximum absolute atomic E-state index is 13.7. The number of aliphatic carboxylic acids is 1. The summed E-state index contributed by atoms with van der Waals surface area (Å²) in [7, 11) is 1.44. The molecule has 0 aliphatic heterocycles. The summed E-state index contributed by atoms with van der Waals surface area (Å²) in [6.45, 7) is 1.92. The monoisotopic (exact) mass is 302 g/mol. The van der Waals surface area contributed by atoms with Gasteiger partial charge in [0.2, 0.25) is 0 Å². The van der Waals surface area contributed by atoms with Gasteiger partial charge in [0.05, 0.1) is 7.11 Å². The fourth-order valence-electron chi connectivity index (χ4n) is 2.45. The molecule has 0 saturated carbocycles. The highest BCUT2D eigenvalue weighted by molar-refractivity contribution is 5.67. The van der Waals surface area contributed by atoms with Crippen LogP contribution in [0.4, 0.5) is 4.39 Å². The van der Waals surface area contributed by atoms with E-state index < -0.39 is 5.97 Å². The number of rotatable bonds is 6. The number of methoxy groups -OCH3 is 1. The molecular weight excluding hydrogens is 283 g/mol. The quantitative estimate of drug-likeness (QED) is 0.871. The number of ether oxygens (including phenoxy) is 1. The van der Waals surface area contributed by atoms with Crippen LogP contribution in [0.25, 0.3) is 11.1 Å². The number of benzene rings is 2. The summed E-state index contributed by atoms with van der Waals surface area (Å²) in [5.74, 6) is -0.860. The summed E-state index contributed by atoms with van der Waals surface area (Å²) in [6, 6.07) is 12.6. The van der Waals surface area contributed by atoms with Crippen LogP contribution in [0.5, 0.6) is 5.75 Å². The van der Waals surface area contributed by atoms with Crippen LogP contribution in [-0.4, -0.2) is 18.2 Å². The Balaban J connectivity index is 2.11. The summed E-state index contributed by atoms with van der Waals surface area (Å²) >= 11 is 0. The van der Waals surface area contributed by atoms with Crippen molar-refractivity contribution in [3.8, 4) is 16.9 Å². The van der Waals surface area contributed by atoms with E-state index in [9.17, 15) is 9.18 Å². The normalized spacial score (nSPS) is 12.0. The Kier molecular flexibility index (Phi) is 5.15. The molecular formula is C18H19FO3. The third-order valence-electron chi connectivity index (χ3n) is 3.55. The molecule has 0 aliphatic rings. The van der Waals surface area contributed by atoms with Crippen LogP contribution in [0.15, 0.2) is 42.5 Å². The number of carboxylic acid groups (broad SMARTS) is 1. The van der Waals surface area contributed by atoms with E-state index in [1.807, 2.05) is 37.3 Å². The predicted molar refractivity (Wildman–Crippen MR) is 83.5 cm³/mol. The second-order valence-electron chi connectivity index (χ2n) is 5.45. The minimum absolute atomic E-state index is 0.0850. The van der Waals surface area contributed by atoms with E-state index in [0.29, 0.717) is 6.42 Å². The molecule has 0 radical (unpaired) electrons. The summed E-state index contributed by atoms with van der Waals surface area (Å²) in [5, 5.41) is 8.78. The van der Waals surface area contributed by atoms with Crippen molar-refractivity contribution in [3.63, 3.8) is 0 Å². The minimum atomic E-state index is -0.780. The van der Waals surface area contributed by atoms with E-state index >= 15 is 0 Å². The molecule has 22 heavy (non-hydrogen) atoms. The lowest BCUT2D eigenvalue weighted by atomic mass is 9.96. The van der Waals surface area contributed by atoms with E-state index in [2.05, 4.69) is 0 Å². The third-order valence-corrected chi connectivity index (χ3v) is 3.55. The summed E-state index contributed by atoms with van der Waals surface area (Å²) < 4.78 is 18.6. The predicted octanol–water partition coefficient (Wildman–Crippen LogP) is 4.15. The zero-order valence-corrected chi connectivity index (χ0v) is 12.7. The lowest BCUT2D eigenvalue weighted by Gasteiger charge is -2.10. The van der Waals surface area contributed by atoms with Gasteiger partial charge in [0.25, 0.3) is 0 Å². The molecule has 1 N–H and O–H groups in total. The number of halogens is 1. The Labute approximate surface area is 129 Å². The third kappa shape index (κ3) is 4.07. The molecule has 3 nitrogen and oxygen atoms in total. The van der Waals surface area contributed by atoms with Crippen molar-refractivity contribution in [2.45, 2.75) is 19.8 Å². The molecule has 116 valence electrons. The second-order valence-corrected chi connectivity index (χ2v) is 5.45.